The zero-order valence-electron chi connectivity index (χ0n) is 17.3. The number of nitrogens with two attached hydrogens (primary N) is 1. The van der Waals surface area contributed by atoms with Crippen LogP contribution in [0.2, 0.25) is 0 Å². The third kappa shape index (κ3) is 4.43. The van der Waals surface area contributed by atoms with E-state index in [1.165, 1.54) is 0 Å². The number of hydrogen-bond acceptors (Lipinski definition) is 5. The number of ketones is 1. The molecule has 1 aliphatic heterocycles. The lowest BCUT2D eigenvalue weighted by molar-refractivity contribution is -0.116. The Morgan fingerprint density at radius 1 is 1.22 bits per heavy atom. The highest BCUT2D eigenvalue weighted by atomic mass is 127. The molecule has 2 aromatic rings. The molecular weight excluding hydrogens is 696 g/mol. The molecule has 0 saturated carbocycles. The van der Waals surface area contributed by atoms with Gasteiger partial charge in [-0.3, -0.25) is 4.79 Å². The maximum Gasteiger partial charge on any atom is 0.161 e. The Morgan fingerprint density at radius 2 is 1.88 bits per heavy atom. The van der Waals surface area contributed by atoms with Gasteiger partial charge in [-0.1, -0.05) is 28.1 Å². The summed E-state index contributed by atoms with van der Waals surface area (Å²) in [6.45, 7) is 0.455. The summed E-state index contributed by atoms with van der Waals surface area (Å²) in [7, 11) is 1.84. The number of hydrogen-bond donors (Lipinski definition) is 1. The summed E-state index contributed by atoms with van der Waals surface area (Å²) in [5.41, 5.74) is 10.4. The van der Waals surface area contributed by atoms with Gasteiger partial charge in [-0.15, -0.1) is 0 Å². The second kappa shape index (κ2) is 9.73. The zero-order chi connectivity index (χ0) is 23.0. The number of carbonyl (C=O) groups excluding carboxylic acids is 1. The van der Waals surface area contributed by atoms with E-state index in [0.717, 1.165) is 47.0 Å². The summed E-state index contributed by atoms with van der Waals surface area (Å²) in [4.78, 5) is 14.8. The summed E-state index contributed by atoms with van der Waals surface area (Å²) in [5.74, 6) is 0.877. The zero-order valence-corrected chi connectivity index (χ0v) is 23.2. The predicted molar refractivity (Wildman–Crippen MR) is 144 cm³/mol. The van der Waals surface area contributed by atoms with Crippen LogP contribution in [0.25, 0.3) is 0 Å². The van der Waals surface area contributed by atoms with Gasteiger partial charge in [-0.2, -0.15) is 5.26 Å². The molecular formula is C24H20BrI2N3O2. The molecule has 0 radical (unpaired) electrons. The Kier molecular flexibility index (Phi) is 7.17. The molecule has 8 heteroatoms. The van der Waals surface area contributed by atoms with E-state index < -0.39 is 5.92 Å². The van der Waals surface area contributed by atoms with Crippen molar-refractivity contribution in [2.24, 2.45) is 5.73 Å². The smallest absolute Gasteiger partial charge is 0.161 e. The summed E-state index contributed by atoms with van der Waals surface area (Å²) in [6, 6.07) is 14.3. The minimum atomic E-state index is -0.443. The monoisotopic (exact) mass is 715 g/mol. The van der Waals surface area contributed by atoms with Crippen molar-refractivity contribution in [1.29, 1.82) is 5.26 Å². The van der Waals surface area contributed by atoms with Crippen LogP contribution in [0.4, 0.5) is 0 Å². The van der Waals surface area contributed by atoms with Gasteiger partial charge in [0.2, 0.25) is 0 Å². The molecule has 0 spiro atoms. The highest BCUT2D eigenvalue weighted by molar-refractivity contribution is 14.1. The molecule has 32 heavy (non-hydrogen) atoms. The second-order valence-corrected chi connectivity index (χ2v) is 11.0. The third-order valence-corrected chi connectivity index (χ3v) is 7.95. The van der Waals surface area contributed by atoms with Crippen molar-refractivity contribution in [3.8, 4) is 11.8 Å². The van der Waals surface area contributed by atoms with E-state index in [4.69, 9.17) is 10.5 Å². The molecule has 1 atom stereocenters. The minimum Gasteiger partial charge on any atom is -0.487 e. The van der Waals surface area contributed by atoms with E-state index in [9.17, 15) is 10.1 Å². The maximum absolute atomic E-state index is 13.0. The summed E-state index contributed by atoms with van der Waals surface area (Å²) >= 11 is 7.96. The molecule has 1 heterocycles. The van der Waals surface area contributed by atoms with Crippen molar-refractivity contribution < 1.29 is 9.53 Å². The van der Waals surface area contributed by atoms with Gasteiger partial charge in [0.05, 0.1) is 24.7 Å². The van der Waals surface area contributed by atoms with E-state index in [-0.39, 0.29) is 5.78 Å². The lowest BCUT2D eigenvalue weighted by Gasteiger charge is -2.37. The molecule has 0 bridgehead atoms. The first-order chi connectivity index (χ1) is 15.3. The van der Waals surface area contributed by atoms with Gasteiger partial charge in [-0.25, -0.2) is 0 Å². The third-order valence-electron chi connectivity index (χ3n) is 5.82. The van der Waals surface area contributed by atoms with Crippen molar-refractivity contribution in [2.45, 2.75) is 31.8 Å². The molecule has 4 rings (SSSR count). The number of nitriles is 1. The van der Waals surface area contributed by atoms with E-state index >= 15 is 0 Å². The van der Waals surface area contributed by atoms with Crippen LogP contribution < -0.4 is 10.5 Å². The standard InChI is InChI=1S/C24H20BrI2N3O2/c1-30-19-3-2-4-20(31)22(19)21(16(11-28)24(30)29)14-9-17(26)23(18(27)10-14)32-12-13-5-7-15(25)8-6-13/h5-10,21H,2-4,12,29H2,1H3/t21-/m1/s1. The van der Waals surface area contributed by atoms with Crippen LogP contribution in [0.3, 0.4) is 0 Å². The number of Topliss-reactive ketones (excluding diaryl/α,β-unsaturated/α-hetero) is 1. The quantitative estimate of drug-likeness (QED) is 0.395. The van der Waals surface area contributed by atoms with Crippen molar-refractivity contribution in [1.82, 2.24) is 4.90 Å². The molecule has 1 aliphatic carbocycles. The molecule has 0 amide bonds. The maximum atomic E-state index is 13.0. The summed E-state index contributed by atoms with van der Waals surface area (Å²) < 4.78 is 9.03. The molecule has 0 fully saturated rings. The van der Waals surface area contributed by atoms with Crippen LogP contribution in [-0.4, -0.2) is 17.7 Å². The summed E-state index contributed by atoms with van der Waals surface area (Å²) in [5, 5.41) is 9.93. The Morgan fingerprint density at radius 3 is 2.50 bits per heavy atom. The highest BCUT2D eigenvalue weighted by Crippen LogP contribution is 2.45. The lowest BCUT2D eigenvalue weighted by Crippen LogP contribution is -2.36. The topological polar surface area (TPSA) is 79.3 Å². The Balaban J connectivity index is 1.72. The van der Waals surface area contributed by atoms with Gasteiger partial charge in [0, 0.05) is 29.2 Å². The Hall–Kier alpha value is -1.58. The number of carbonyl (C=O) groups is 1. The number of halogens is 3. The van der Waals surface area contributed by atoms with Crippen molar-refractivity contribution >= 4 is 66.9 Å². The highest BCUT2D eigenvalue weighted by Gasteiger charge is 2.39. The van der Waals surface area contributed by atoms with Gasteiger partial charge < -0.3 is 15.4 Å². The largest absolute Gasteiger partial charge is 0.487 e. The van der Waals surface area contributed by atoms with E-state index in [0.29, 0.717) is 30.0 Å². The molecule has 164 valence electrons. The molecule has 2 aliphatic rings. The molecule has 0 unspecified atom stereocenters. The van der Waals surface area contributed by atoms with Gasteiger partial charge in [0.15, 0.2) is 5.78 Å². The fraction of sp³-hybridized carbons (Fsp3) is 0.250. The lowest BCUT2D eigenvalue weighted by atomic mass is 9.76. The molecule has 0 aromatic heterocycles. The van der Waals surface area contributed by atoms with Crippen LogP contribution in [-0.2, 0) is 11.4 Å². The fourth-order valence-electron chi connectivity index (χ4n) is 4.22. The number of rotatable bonds is 4. The molecule has 2 N–H and O–H groups in total. The second-order valence-electron chi connectivity index (χ2n) is 7.77. The van der Waals surface area contributed by atoms with Crippen molar-refractivity contribution in [2.75, 3.05) is 7.05 Å². The minimum absolute atomic E-state index is 0.101. The number of allylic oxidation sites excluding steroid dienone is 3. The number of ether oxygens (including phenoxy) is 1. The van der Waals surface area contributed by atoms with Crippen LogP contribution in [0.5, 0.6) is 5.75 Å². The first-order valence-electron chi connectivity index (χ1n) is 10.1. The van der Waals surface area contributed by atoms with E-state index in [1.807, 2.05) is 48.3 Å². The van der Waals surface area contributed by atoms with Crippen LogP contribution in [0.1, 0.15) is 36.3 Å². The molecule has 5 nitrogen and oxygen atoms in total. The average Bonchev–Trinajstić information content (AvgIpc) is 2.77. The van der Waals surface area contributed by atoms with E-state index in [1.54, 1.807) is 0 Å². The number of nitrogens with zero attached hydrogens (tertiary/aromatic N) is 2. The predicted octanol–water partition coefficient (Wildman–Crippen LogP) is 5.97. The molecule has 2 aromatic carbocycles. The van der Waals surface area contributed by atoms with Crippen LogP contribution >= 0.6 is 61.1 Å². The van der Waals surface area contributed by atoms with Gasteiger partial charge >= 0.3 is 0 Å². The first kappa shape index (κ1) is 23.6. The van der Waals surface area contributed by atoms with Gasteiger partial charge in [0.25, 0.3) is 0 Å². The van der Waals surface area contributed by atoms with Crippen LogP contribution in [0, 0.1) is 18.5 Å². The van der Waals surface area contributed by atoms with Crippen molar-refractivity contribution in [3.63, 3.8) is 0 Å². The molecule has 0 saturated heterocycles. The van der Waals surface area contributed by atoms with Crippen molar-refractivity contribution in [3.05, 3.63) is 81.8 Å². The first-order valence-corrected chi connectivity index (χ1v) is 13.0. The van der Waals surface area contributed by atoms with Gasteiger partial charge in [-0.05, 0) is 93.4 Å². The SMILES string of the molecule is CN1C(N)=C(C#N)[C@@H](c2cc(I)c(OCc3ccc(Br)cc3)c(I)c2)C2=C1CCCC2=O. The Bertz CT molecular complexity index is 1180. The normalized spacial score (nSPS) is 18.5. The average molecular weight is 716 g/mol. The number of benzene rings is 2. The Labute approximate surface area is 223 Å². The fourth-order valence-corrected chi connectivity index (χ4v) is 6.61. The van der Waals surface area contributed by atoms with Crippen LogP contribution in [0.15, 0.2) is 63.5 Å². The van der Waals surface area contributed by atoms with Gasteiger partial charge in [0.1, 0.15) is 18.2 Å². The van der Waals surface area contributed by atoms with E-state index in [2.05, 4.69) is 67.2 Å². The summed E-state index contributed by atoms with van der Waals surface area (Å²) in [6.07, 6.45) is 2.10.